The quantitative estimate of drug-likeness (QED) is 0.357. The van der Waals surface area contributed by atoms with Crippen LogP contribution in [-0.4, -0.2) is 15.7 Å². The maximum absolute atomic E-state index is 14.0. The lowest BCUT2D eigenvalue weighted by Crippen LogP contribution is -2.12. The summed E-state index contributed by atoms with van der Waals surface area (Å²) in [4.78, 5) is 12.5. The van der Waals surface area contributed by atoms with Crippen molar-refractivity contribution in [3.05, 3.63) is 99.6 Å². The molecule has 6 nitrogen and oxygen atoms in total. The second-order valence-electron chi connectivity index (χ2n) is 6.69. The van der Waals surface area contributed by atoms with Crippen molar-refractivity contribution in [2.24, 2.45) is 0 Å². The van der Waals surface area contributed by atoms with Gasteiger partial charge in [0.2, 0.25) is 0 Å². The Balaban J connectivity index is 1.39. The van der Waals surface area contributed by atoms with Crippen molar-refractivity contribution in [2.45, 2.75) is 13.2 Å². The summed E-state index contributed by atoms with van der Waals surface area (Å²) >= 11 is 12.2. The summed E-state index contributed by atoms with van der Waals surface area (Å²) in [5.41, 5.74) is 0.253. The third-order valence-electron chi connectivity index (χ3n) is 4.41. The van der Waals surface area contributed by atoms with Crippen molar-refractivity contribution < 1.29 is 22.7 Å². The molecule has 4 aromatic rings. The SMILES string of the molecule is O=C(Nc1nn(Cc2c(F)cccc2Cl)cc1Cl)c1ccc(COc2ccc(F)cc2)o1. The predicted molar refractivity (Wildman–Crippen MR) is 115 cm³/mol. The molecule has 0 aliphatic carbocycles. The molecular formula is C22H15Cl2F2N3O3. The van der Waals surface area contributed by atoms with Crippen molar-refractivity contribution in [3.63, 3.8) is 0 Å². The number of nitrogens with zero attached hydrogens (tertiary/aromatic N) is 2. The van der Waals surface area contributed by atoms with Gasteiger partial charge in [-0.2, -0.15) is 5.10 Å². The largest absolute Gasteiger partial charge is 0.486 e. The fourth-order valence-electron chi connectivity index (χ4n) is 2.84. The molecule has 2 heterocycles. The number of benzene rings is 2. The summed E-state index contributed by atoms with van der Waals surface area (Å²) in [6, 6.07) is 13.0. The Labute approximate surface area is 191 Å². The summed E-state index contributed by atoms with van der Waals surface area (Å²) in [6.45, 7) is 0.0877. The summed E-state index contributed by atoms with van der Waals surface area (Å²) < 4.78 is 39.3. The third kappa shape index (κ3) is 5.09. The zero-order valence-corrected chi connectivity index (χ0v) is 17.8. The molecule has 0 bridgehead atoms. The van der Waals surface area contributed by atoms with Crippen molar-refractivity contribution in [3.8, 4) is 5.75 Å². The molecule has 1 N–H and O–H groups in total. The highest BCUT2D eigenvalue weighted by Gasteiger charge is 2.17. The first-order valence-corrected chi connectivity index (χ1v) is 10.1. The Morgan fingerprint density at radius 1 is 1.06 bits per heavy atom. The van der Waals surface area contributed by atoms with Crippen LogP contribution in [-0.2, 0) is 13.2 Å². The standard InChI is InChI=1S/C22H15Cl2F2N3O3/c23-17-2-1-3-19(26)16(17)10-29-11-18(24)21(28-29)27-22(30)20-9-8-15(32-20)12-31-14-6-4-13(25)5-7-14/h1-9,11H,10,12H2,(H,27,28,30). The lowest BCUT2D eigenvalue weighted by molar-refractivity contribution is 0.0992. The van der Waals surface area contributed by atoms with Gasteiger partial charge in [0.1, 0.15) is 34.8 Å². The highest BCUT2D eigenvalue weighted by atomic mass is 35.5. The van der Waals surface area contributed by atoms with E-state index in [9.17, 15) is 13.6 Å². The van der Waals surface area contributed by atoms with Gasteiger partial charge in [-0.3, -0.25) is 9.48 Å². The van der Waals surface area contributed by atoms with E-state index in [4.69, 9.17) is 32.4 Å². The van der Waals surface area contributed by atoms with E-state index < -0.39 is 11.7 Å². The molecule has 0 aliphatic rings. The Morgan fingerprint density at radius 3 is 2.59 bits per heavy atom. The van der Waals surface area contributed by atoms with Crippen LogP contribution < -0.4 is 10.1 Å². The van der Waals surface area contributed by atoms with E-state index in [1.807, 2.05) is 0 Å². The average Bonchev–Trinajstić information content (AvgIpc) is 3.37. The van der Waals surface area contributed by atoms with Crippen molar-refractivity contribution in [1.29, 1.82) is 0 Å². The van der Waals surface area contributed by atoms with Crippen LogP contribution in [0.15, 0.2) is 65.2 Å². The van der Waals surface area contributed by atoms with Gasteiger partial charge in [0.25, 0.3) is 5.91 Å². The Hall–Kier alpha value is -3.36. The highest BCUT2D eigenvalue weighted by molar-refractivity contribution is 6.33. The van der Waals surface area contributed by atoms with E-state index >= 15 is 0 Å². The Kier molecular flexibility index (Phi) is 6.43. The normalized spacial score (nSPS) is 10.9. The molecule has 0 radical (unpaired) electrons. The monoisotopic (exact) mass is 477 g/mol. The lowest BCUT2D eigenvalue weighted by atomic mass is 10.2. The minimum absolute atomic E-state index is 0.0190. The number of carbonyl (C=O) groups excluding carboxylic acids is 1. The van der Waals surface area contributed by atoms with Gasteiger partial charge in [-0.25, -0.2) is 8.78 Å². The van der Waals surface area contributed by atoms with Gasteiger partial charge in [0.15, 0.2) is 11.6 Å². The molecule has 0 aliphatic heterocycles. The first kappa shape index (κ1) is 21.9. The molecule has 0 spiro atoms. The van der Waals surface area contributed by atoms with Crippen LogP contribution in [0.3, 0.4) is 0 Å². The number of hydrogen-bond acceptors (Lipinski definition) is 4. The molecule has 0 unspecified atom stereocenters. The minimum Gasteiger partial charge on any atom is -0.486 e. The van der Waals surface area contributed by atoms with Crippen LogP contribution in [0.2, 0.25) is 10.0 Å². The molecule has 2 aromatic heterocycles. The first-order chi connectivity index (χ1) is 15.4. The van der Waals surface area contributed by atoms with E-state index in [-0.39, 0.29) is 46.2 Å². The van der Waals surface area contributed by atoms with E-state index in [1.165, 1.54) is 53.3 Å². The van der Waals surface area contributed by atoms with Crippen molar-refractivity contribution in [1.82, 2.24) is 9.78 Å². The van der Waals surface area contributed by atoms with E-state index in [0.29, 0.717) is 11.5 Å². The zero-order chi connectivity index (χ0) is 22.7. The van der Waals surface area contributed by atoms with Crippen molar-refractivity contribution >= 4 is 34.9 Å². The fraction of sp³-hybridized carbons (Fsp3) is 0.0909. The predicted octanol–water partition coefficient (Wildman–Crippen LogP) is 5.94. The number of anilines is 1. The number of rotatable bonds is 7. The number of halogens is 4. The summed E-state index contributed by atoms with van der Waals surface area (Å²) in [6.07, 6.45) is 1.45. The molecule has 0 fully saturated rings. The molecular weight excluding hydrogens is 463 g/mol. The van der Waals surface area contributed by atoms with E-state index in [2.05, 4.69) is 10.4 Å². The van der Waals surface area contributed by atoms with Crippen LogP contribution in [0, 0.1) is 11.6 Å². The minimum atomic E-state index is -0.575. The molecule has 0 saturated carbocycles. The van der Waals surface area contributed by atoms with Crippen LogP contribution in [0.1, 0.15) is 21.9 Å². The average molecular weight is 478 g/mol. The molecule has 0 saturated heterocycles. The van der Waals surface area contributed by atoms with Gasteiger partial charge in [0.05, 0.1) is 6.54 Å². The second-order valence-corrected chi connectivity index (χ2v) is 7.50. The lowest BCUT2D eigenvalue weighted by Gasteiger charge is -2.06. The third-order valence-corrected chi connectivity index (χ3v) is 5.04. The molecule has 32 heavy (non-hydrogen) atoms. The molecule has 1 amide bonds. The number of nitrogens with one attached hydrogen (secondary N) is 1. The molecule has 2 aromatic carbocycles. The smallest absolute Gasteiger partial charge is 0.292 e. The van der Waals surface area contributed by atoms with Crippen LogP contribution in [0.5, 0.6) is 5.75 Å². The number of furan rings is 1. The number of hydrogen-bond donors (Lipinski definition) is 1. The number of aromatic nitrogens is 2. The van der Waals surface area contributed by atoms with Gasteiger partial charge in [-0.05, 0) is 48.5 Å². The van der Waals surface area contributed by atoms with Gasteiger partial charge in [-0.15, -0.1) is 0 Å². The fourth-order valence-corrected chi connectivity index (χ4v) is 3.26. The molecule has 164 valence electrons. The topological polar surface area (TPSA) is 69.3 Å². The van der Waals surface area contributed by atoms with E-state index in [1.54, 1.807) is 12.1 Å². The molecule has 0 atom stereocenters. The summed E-state index contributed by atoms with van der Waals surface area (Å²) in [7, 11) is 0. The van der Waals surface area contributed by atoms with Gasteiger partial charge >= 0.3 is 0 Å². The maximum atomic E-state index is 14.0. The molecule has 10 heteroatoms. The van der Waals surface area contributed by atoms with Gasteiger partial charge < -0.3 is 14.5 Å². The first-order valence-electron chi connectivity index (χ1n) is 9.33. The second kappa shape index (κ2) is 9.42. The highest BCUT2D eigenvalue weighted by Crippen LogP contribution is 2.24. The Bertz CT molecular complexity index is 1240. The number of carbonyl (C=O) groups is 1. The summed E-state index contributed by atoms with van der Waals surface area (Å²) in [5, 5.41) is 7.14. The summed E-state index contributed by atoms with van der Waals surface area (Å²) in [5.74, 6) is -0.455. The van der Waals surface area contributed by atoms with E-state index in [0.717, 1.165) is 0 Å². The molecule has 4 rings (SSSR count). The van der Waals surface area contributed by atoms with Crippen LogP contribution in [0.25, 0.3) is 0 Å². The van der Waals surface area contributed by atoms with Gasteiger partial charge in [0, 0.05) is 16.8 Å². The zero-order valence-electron chi connectivity index (χ0n) is 16.3. The van der Waals surface area contributed by atoms with Crippen LogP contribution >= 0.6 is 23.2 Å². The Morgan fingerprint density at radius 2 is 1.84 bits per heavy atom. The van der Waals surface area contributed by atoms with Crippen LogP contribution in [0.4, 0.5) is 14.6 Å². The van der Waals surface area contributed by atoms with Crippen molar-refractivity contribution in [2.75, 3.05) is 5.32 Å². The van der Waals surface area contributed by atoms with Gasteiger partial charge in [-0.1, -0.05) is 29.3 Å². The number of ether oxygens (including phenoxy) is 1. The maximum Gasteiger partial charge on any atom is 0.292 e. The number of amides is 1.